The maximum Gasteiger partial charge on any atom is 0.129 e. The lowest BCUT2D eigenvalue weighted by Gasteiger charge is -2.22. The standard InChI is InChI=1S/C17H18ClF2N/c1-4-21-17(13-6-5-12(18)9-14(13)19)16-11(3)7-10(2)8-15(16)20/h5-9,17,21H,4H2,1-3H3. The molecule has 0 heterocycles. The Morgan fingerprint density at radius 2 is 1.81 bits per heavy atom. The van der Waals surface area contributed by atoms with Crippen LogP contribution >= 0.6 is 11.6 Å². The molecule has 0 radical (unpaired) electrons. The third-order valence-corrected chi connectivity index (χ3v) is 3.69. The third kappa shape index (κ3) is 3.42. The van der Waals surface area contributed by atoms with Gasteiger partial charge in [-0.25, -0.2) is 8.78 Å². The largest absolute Gasteiger partial charge is 0.306 e. The van der Waals surface area contributed by atoms with Crippen LogP contribution in [0.15, 0.2) is 30.3 Å². The van der Waals surface area contributed by atoms with Crippen LogP contribution in [0.1, 0.15) is 35.2 Å². The summed E-state index contributed by atoms with van der Waals surface area (Å²) in [6.07, 6.45) is 0. The van der Waals surface area contributed by atoms with Crippen molar-refractivity contribution in [2.45, 2.75) is 26.8 Å². The van der Waals surface area contributed by atoms with Gasteiger partial charge in [-0.05, 0) is 49.7 Å². The van der Waals surface area contributed by atoms with E-state index in [0.717, 1.165) is 11.1 Å². The predicted octanol–water partition coefficient (Wildman–Crippen LogP) is 4.93. The van der Waals surface area contributed by atoms with E-state index in [4.69, 9.17) is 11.6 Å². The van der Waals surface area contributed by atoms with Crippen molar-refractivity contribution in [2.24, 2.45) is 0 Å². The highest BCUT2D eigenvalue weighted by Crippen LogP contribution is 2.31. The molecule has 21 heavy (non-hydrogen) atoms. The van der Waals surface area contributed by atoms with Gasteiger partial charge in [0.1, 0.15) is 11.6 Å². The van der Waals surface area contributed by atoms with E-state index in [1.165, 1.54) is 12.1 Å². The van der Waals surface area contributed by atoms with Crippen LogP contribution < -0.4 is 5.32 Å². The van der Waals surface area contributed by atoms with E-state index >= 15 is 0 Å². The average molecular weight is 310 g/mol. The molecule has 4 heteroatoms. The molecular weight excluding hydrogens is 292 g/mol. The Kier molecular flexibility index (Phi) is 4.96. The summed E-state index contributed by atoms with van der Waals surface area (Å²) in [5.41, 5.74) is 2.52. The molecule has 2 rings (SSSR count). The van der Waals surface area contributed by atoms with Crippen LogP contribution in [0.3, 0.4) is 0 Å². The zero-order valence-corrected chi connectivity index (χ0v) is 13.1. The van der Waals surface area contributed by atoms with E-state index in [1.54, 1.807) is 12.1 Å². The van der Waals surface area contributed by atoms with Gasteiger partial charge in [0.2, 0.25) is 0 Å². The molecule has 0 aliphatic rings. The van der Waals surface area contributed by atoms with Crippen LogP contribution in [-0.2, 0) is 0 Å². The first kappa shape index (κ1) is 15.9. The molecule has 0 aliphatic carbocycles. The molecule has 0 spiro atoms. The molecule has 2 aromatic rings. The summed E-state index contributed by atoms with van der Waals surface area (Å²) in [5.74, 6) is -0.763. The smallest absolute Gasteiger partial charge is 0.129 e. The van der Waals surface area contributed by atoms with Crippen molar-refractivity contribution >= 4 is 11.6 Å². The fraction of sp³-hybridized carbons (Fsp3) is 0.294. The van der Waals surface area contributed by atoms with Crippen LogP contribution in [-0.4, -0.2) is 6.54 Å². The number of nitrogens with one attached hydrogen (secondary N) is 1. The molecule has 0 amide bonds. The maximum atomic E-state index is 14.4. The Morgan fingerprint density at radius 1 is 1.10 bits per heavy atom. The summed E-state index contributed by atoms with van der Waals surface area (Å²) in [5, 5.41) is 3.48. The minimum Gasteiger partial charge on any atom is -0.306 e. The lowest BCUT2D eigenvalue weighted by Crippen LogP contribution is -2.25. The first-order chi connectivity index (χ1) is 9.93. The van der Waals surface area contributed by atoms with E-state index in [1.807, 2.05) is 26.8 Å². The summed E-state index contributed by atoms with van der Waals surface area (Å²) in [6, 6.07) is 7.31. The van der Waals surface area contributed by atoms with Crippen LogP contribution in [0.25, 0.3) is 0 Å². The Labute approximate surface area is 128 Å². The lowest BCUT2D eigenvalue weighted by atomic mass is 9.93. The molecule has 0 bridgehead atoms. The fourth-order valence-corrected chi connectivity index (χ4v) is 2.76. The molecule has 1 atom stereocenters. The van der Waals surface area contributed by atoms with Gasteiger partial charge in [-0.1, -0.05) is 30.7 Å². The van der Waals surface area contributed by atoms with E-state index in [2.05, 4.69) is 5.32 Å². The molecule has 1 N–H and O–H groups in total. The molecular formula is C17H18ClF2N. The molecule has 112 valence electrons. The minimum absolute atomic E-state index is 0.326. The summed E-state index contributed by atoms with van der Waals surface area (Å²) >= 11 is 5.79. The molecule has 0 fully saturated rings. The molecule has 1 unspecified atom stereocenters. The first-order valence-corrected chi connectivity index (χ1v) is 7.26. The highest BCUT2D eigenvalue weighted by molar-refractivity contribution is 6.30. The van der Waals surface area contributed by atoms with Crippen LogP contribution in [0.4, 0.5) is 8.78 Å². The zero-order valence-electron chi connectivity index (χ0n) is 12.3. The highest BCUT2D eigenvalue weighted by atomic mass is 35.5. The van der Waals surface area contributed by atoms with Gasteiger partial charge in [-0.3, -0.25) is 0 Å². The predicted molar refractivity (Wildman–Crippen MR) is 82.8 cm³/mol. The van der Waals surface area contributed by atoms with Gasteiger partial charge in [0.25, 0.3) is 0 Å². The Hall–Kier alpha value is -1.45. The first-order valence-electron chi connectivity index (χ1n) is 6.89. The van der Waals surface area contributed by atoms with E-state index < -0.39 is 11.9 Å². The van der Waals surface area contributed by atoms with Crippen molar-refractivity contribution in [3.63, 3.8) is 0 Å². The van der Waals surface area contributed by atoms with E-state index in [-0.39, 0.29) is 5.82 Å². The number of aryl methyl sites for hydroxylation is 2. The molecule has 2 aromatic carbocycles. The highest BCUT2D eigenvalue weighted by Gasteiger charge is 2.22. The summed E-state index contributed by atoms with van der Waals surface area (Å²) in [7, 11) is 0. The van der Waals surface area contributed by atoms with Crippen LogP contribution in [0.2, 0.25) is 5.02 Å². The Bertz CT molecular complexity index is 632. The van der Waals surface area contributed by atoms with Gasteiger partial charge in [0, 0.05) is 16.1 Å². The van der Waals surface area contributed by atoms with Crippen LogP contribution in [0.5, 0.6) is 0 Å². The van der Waals surface area contributed by atoms with Gasteiger partial charge < -0.3 is 5.32 Å². The summed E-state index contributed by atoms with van der Waals surface area (Å²) < 4.78 is 28.6. The minimum atomic E-state index is -0.534. The molecule has 1 nitrogen and oxygen atoms in total. The van der Waals surface area contributed by atoms with Crippen molar-refractivity contribution < 1.29 is 8.78 Å². The van der Waals surface area contributed by atoms with Crippen molar-refractivity contribution in [1.29, 1.82) is 0 Å². The Morgan fingerprint density at radius 3 is 2.38 bits per heavy atom. The maximum absolute atomic E-state index is 14.4. The summed E-state index contributed by atoms with van der Waals surface area (Å²) in [6.45, 7) is 6.18. The van der Waals surface area contributed by atoms with Gasteiger partial charge in [-0.2, -0.15) is 0 Å². The van der Waals surface area contributed by atoms with Gasteiger partial charge in [-0.15, -0.1) is 0 Å². The molecule has 0 saturated heterocycles. The van der Waals surface area contributed by atoms with Crippen molar-refractivity contribution in [3.05, 3.63) is 69.2 Å². The second kappa shape index (κ2) is 6.54. The van der Waals surface area contributed by atoms with Crippen LogP contribution in [0, 0.1) is 25.5 Å². The topological polar surface area (TPSA) is 12.0 Å². The average Bonchev–Trinajstić information content (AvgIpc) is 2.37. The normalized spacial score (nSPS) is 12.5. The van der Waals surface area contributed by atoms with Gasteiger partial charge in [0.05, 0.1) is 6.04 Å². The second-order valence-corrected chi connectivity index (χ2v) is 5.57. The van der Waals surface area contributed by atoms with Gasteiger partial charge >= 0.3 is 0 Å². The van der Waals surface area contributed by atoms with E-state index in [9.17, 15) is 8.78 Å². The van der Waals surface area contributed by atoms with Crippen molar-refractivity contribution in [2.75, 3.05) is 6.54 Å². The SMILES string of the molecule is CCNC(c1ccc(Cl)cc1F)c1c(C)cc(C)cc1F. The number of rotatable bonds is 4. The lowest BCUT2D eigenvalue weighted by molar-refractivity contribution is 0.528. The second-order valence-electron chi connectivity index (χ2n) is 5.13. The number of hydrogen-bond donors (Lipinski definition) is 1. The summed E-state index contributed by atoms with van der Waals surface area (Å²) in [4.78, 5) is 0. The fourth-order valence-electron chi connectivity index (χ4n) is 2.60. The number of halogens is 3. The van der Waals surface area contributed by atoms with E-state index in [0.29, 0.717) is 22.7 Å². The monoisotopic (exact) mass is 309 g/mol. The zero-order chi connectivity index (χ0) is 15.6. The molecule has 0 aromatic heterocycles. The third-order valence-electron chi connectivity index (χ3n) is 3.45. The molecule has 0 aliphatic heterocycles. The quantitative estimate of drug-likeness (QED) is 0.844. The Balaban J connectivity index is 2.59. The number of benzene rings is 2. The van der Waals surface area contributed by atoms with Crippen molar-refractivity contribution in [1.82, 2.24) is 5.32 Å². The molecule has 0 saturated carbocycles. The van der Waals surface area contributed by atoms with Gasteiger partial charge in [0.15, 0.2) is 0 Å². The van der Waals surface area contributed by atoms with Crippen molar-refractivity contribution in [3.8, 4) is 0 Å². The number of hydrogen-bond acceptors (Lipinski definition) is 1.